The van der Waals surface area contributed by atoms with Gasteiger partial charge in [0.05, 0.1) is 31.0 Å². The van der Waals surface area contributed by atoms with Crippen LogP contribution in [0.15, 0.2) is 24.9 Å². The molecule has 0 unspecified atom stereocenters. The number of hydrogen-bond acceptors (Lipinski definition) is 5. The van der Waals surface area contributed by atoms with E-state index in [0.717, 1.165) is 18.7 Å². The van der Waals surface area contributed by atoms with Gasteiger partial charge in [-0.05, 0) is 6.42 Å². The van der Waals surface area contributed by atoms with Crippen molar-refractivity contribution < 1.29 is 4.79 Å². The molecule has 0 atom stereocenters. The molecule has 0 aliphatic heterocycles. The number of amides is 1. The van der Waals surface area contributed by atoms with Crippen LogP contribution in [0.25, 0.3) is 0 Å². The molecule has 0 aliphatic carbocycles. The van der Waals surface area contributed by atoms with Gasteiger partial charge in [0.2, 0.25) is 0 Å². The molecule has 2 heterocycles. The molecule has 0 fully saturated rings. The zero-order chi connectivity index (χ0) is 13.5. The second-order valence-electron chi connectivity index (χ2n) is 3.97. The number of carbonyl (C=O) groups is 1. The summed E-state index contributed by atoms with van der Waals surface area (Å²) in [5.74, 6) is 0.413. The Kier molecular flexibility index (Phi) is 4.44. The van der Waals surface area contributed by atoms with Gasteiger partial charge in [0, 0.05) is 12.7 Å². The maximum absolute atomic E-state index is 11.8. The Bertz CT molecular complexity index is 508. The summed E-state index contributed by atoms with van der Waals surface area (Å²) in [6.45, 7) is 3.29. The number of hydrogen-bond donors (Lipinski definition) is 3. The summed E-state index contributed by atoms with van der Waals surface area (Å²) in [4.78, 5) is 26.8. The van der Waals surface area contributed by atoms with Crippen molar-refractivity contribution in [2.75, 3.05) is 11.9 Å². The molecule has 1 amide bonds. The molecule has 0 spiro atoms. The second-order valence-corrected chi connectivity index (χ2v) is 3.97. The Morgan fingerprint density at radius 3 is 2.84 bits per heavy atom. The molecule has 100 valence electrons. The van der Waals surface area contributed by atoms with Gasteiger partial charge in [-0.25, -0.2) is 15.0 Å². The van der Waals surface area contributed by atoms with Gasteiger partial charge in [0.25, 0.3) is 5.91 Å². The molecule has 0 saturated carbocycles. The lowest BCUT2D eigenvalue weighted by molar-refractivity contribution is 0.0945. The smallest absolute Gasteiger partial charge is 0.271 e. The van der Waals surface area contributed by atoms with Crippen molar-refractivity contribution >= 4 is 11.7 Å². The molecule has 0 radical (unpaired) electrons. The lowest BCUT2D eigenvalue weighted by atomic mass is 10.4. The number of imidazole rings is 1. The molecule has 2 aromatic rings. The summed E-state index contributed by atoms with van der Waals surface area (Å²) < 4.78 is 0. The third-order valence-electron chi connectivity index (χ3n) is 2.43. The van der Waals surface area contributed by atoms with Crippen LogP contribution < -0.4 is 10.6 Å². The van der Waals surface area contributed by atoms with Crippen molar-refractivity contribution in [1.29, 1.82) is 0 Å². The zero-order valence-electron chi connectivity index (χ0n) is 10.7. The Labute approximate surface area is 110 Å². The maximum Gasteiger partial charge on any atom is 0.271 e. The predicted molar refractivity (Wildman–Crippen MR) is 70.6 cm³/mol. The molecule has 19 heavy (non-hydrogen) atoms. The summed E-state index contributed by atoms with van der Waals surface area (Å²) in [6.07, 6.45) is 7.24. The van der Waals surface area contributed by atoms with E-state index in [-0.39, 0.29) is 5.91 Å². The van der Waals surface area contributed by atoms with Gasteiger partial charge < -0.3 is 15.6 Å². The lowest BCUT2D eigenvalue weighted by Gasteiger charge is -2.05. The predicted octanol–water partition coefficient (Wildman–Crippen LogP) is 0.952. The first-order valence-corrected chi connectivity index (χ1v) is 6.11. The van der Waals surface area contributed by atoms with Gasteiger partial charge in [-0.1, -0.05) is 6.92 Å². The Hall–Kier alpha value is -2.44. The van der Waals surface area contributed by atoms with E-state index in [4.69, 9.17) is 0 Å². The number of nitrogens with zero attached hydrogens (tertiary/aromatic N) is 3. The standard InChI is InChI=1S/C12H16N6O/c1-2-3-14-11-7-15-10(6-16-11)12(19)17-5-9-4-13-8-18-9/h4,6-8H,2-3,5H2,1H3,(H,13,18)(H,14,16)(H,17,19). The first kappa shape index (κ1) is 13.0. The zero-order valence-corrected chi connectivity index (χ0v) is 10.7. The van der Waals surface area contributed by atoms with E-state index in [1.165, 1.54) is 6.20 Å². The Morgan fingerprint density at radius 2 is 2.21 bits per heavy atom. The van der Waals surface area contributed by atoms with Crippen LogP contribution in [-0.4, -0.2) is 32.4 Å². The van der Waals surface area contributed by atoms with Gasteiger partial charge in [-0.15, -0.1) is 0 Å². The maximum atomic E-state index is 11.8. The largest absolute Gasteiger partial charge is 0.369 e. The topological polar surface area (TPSA) is 95.6 Å². The van der Waals surface area contributed by atoms with Crippen LogP contribution in [0.1, 0.15) is 29.5 Å². The summed E-state index contributed by atoms with van der Waals surface area (Å²) in [5.41, 5.74) is 1.13. The summed E-state index contributed by atoms with van der Waals surface area (Å²) in [7, 11) is 0. The number of rotatable bonds is 6. The van der Waals surface area contributed by atoms with Gasteiger partial charge in [0.1, 0.15) is 11.5 Å². The minimum atomic E-state index is -0.260. The first-order chi connectivity index (χ1) is 9.29. The fourth-order valence-electron chi connectivity index (χ4n) is 1.44. The van der Waals surface area contributed by atoms with Crippen LogP contribution in [0.3, 0.4) is 0 Å². The van der Waals surface area contributed by atoms with Crippen molar-refractivity contribution in [3.05, 3.63) is 36.3 Å². The highest BCUT2D eigenvalue weighted by Crippen LogP contribution is 2.01. The average Bonchev–Trinajstić information content (AvgIpc) is 2.96. The van der Waals surface area contributed by atoms with Crippen molar-refractivity contribution in [3.8, 4) is 0 Å². The third kappa shape index (κ3) is 3.77. The van der Waals surface area contributed by atoms with Gasteiger partial charge in [-0.3, -0.25) is 4.79 Å². The molecule has 2 rings (SSSR count). The number of carbonyl (C=O) groups excluding carboxylic acids is 1. The molecule has 0 aliphatic rings. The van der Waals surface area contributed by atoms with Crippen molar-refractivity contribution in [3.63, 3.8) is 0 Å². The average molecular weight is 260 g/mol. The van der Waals surface area contributed by atoms with Gasteiger partial charge in [-0.2, -0.15) is 0 Å². The molecule has 7 heteroatoms. The molecule has 7 nitrogen and oxygen atoms in total. The van der Waals surface area contributed by atoms with E-state index in [1.54, 1.807) is 18.7 Å². The minimum Gasteiger partial charge on any atom is -0.369 e. The summed E-state index contributed by atoms with van der Waals surface area (Å²) in [5, 5.41) is 5.83. The highest BCUT2D eigenvalue weighted by molar-refractivity contribution is 5.91. The fraction of sp³-hybridized carbons (Fsp3) is 0.333. The number of H-pyrrole nitrogens is 1. The SMILES string of the molecule is CCCNc1cnc(C(=O)NCc2cnc[nH]2)cn1. The quantitative estimate of drug-likeness (QED) is 0.718. The summed E-state index contributed by atoms with van der Waals surface area (Å²) in [6, 6.07) is 0. The monoisotopic (exact) mass is 260 g/mol. The lowest BCUT2D eigenvalue weighted by Crippen LogP contribution is -2.24. The van der Waals surface area contributed by atoms with E-state index in [9.17, 15) is 4.79 Å². The van der Waals surface area contributed by atoms with E-state index >= 15 is 0 Å². The van der Waals surface area contributed by atoms with Crippen molar-refractivity contribution in [2.45, 2.75) is 19.9 Å². The van der Waals surface area contributed by atoms with E-state index in [1.807, 2.05) is 0 Å². The highest BCUT2D eigenvalue weighted by Gasteiger charge is 2.07. The number of aromatic amines is 1. The van der Waals surface area contributed by atoms with Gasteiger partial charge >= 0.3 is 0 Å². The molecule has 0 bridgehead atoms. The van der Waals surface area contributed by atoms with Crippen LogP contribution in [0.5, 0.6) is 0 Å². The van der Waals surface area contributed by atoms with Gasteiger partial charge in [0.15, 0.2) is 0 Å². The number of aromatic nitrogens is 4. The molecule has 3 N–H and O–H groups in total. The number of anilines is 1. The fourth-order valence-corrected chi connectivity index (χ4v) is 1.44. The van der Waals surface area contributed by atoms with Crippen LogP contribution in [0.4, 0.5) is 5.82 Å². The molecular formula is C12H16N6O. The second kappa shape index (κ2) is 6.48. The van der Waals surface area contributed by atoms with Crippen LogP contribution in [0.2, 0.25) is 0 Å². The van der Waals surface area contributed by atoms with E-state index in [0.29, 0.717) is 18.1 Å². The van der Waals surface area contributed by atoms with Crippen LogP contribution in [-0.2, 0) is 6.54 Å². The Balaban J connectivity index is 1.88. The third-order valence-corrected chi connectivity index (χ3v) is 2.43. The molecular weight excluding hydrogens is 244 g/mol. The normalized spacial score (nSPS) is 10.2. The molecule has 0 aromatic carbocycles. The summed E-state index contributed by atoms with van der Waals surface area (Å²) >= 11 is 0. The molecule has 2 aromatic heterocycles. The Morgan fingerprint density at radius 1 is 1.32 bits per heavy atom. The van der Waals surface area contributed by atoms with E-state index < -0.39 is 0 Å². The highest BCUT2D eigenvalue weighted by atomic mass is 16.1. The number of nitrogens with one attached hydrogen (secondary N) is 3. The van der Waals surface area contributed by atoms with Crippen molar-refractivity contribution in [2.24, 2.45) is 0 Å². The van der Waals surface area contributed by atoms with E-state index in [2.05, 4.69) is 37.5 Å². The van der Waals surface area contributed by atoms with Crippen LogP contribution >= 0.6 is 0 Å². The first-order valence-electron chi connectivity index (χ1n) is 6.11. The molecule has 0 saturated heterocycles. The van der Waals surface area contributed by atoms with Crippen molar-refractivity contribution in [1.82, 2.24) is 25.3 Å². The minimum absolute atomic E-state index is 0.260. The van der Waals surface area contributed by atoms with Crippen LogP contribution in [0, 0.1) is 0 Å².